The number of amides is 1. The van der Waals surface area contributed by atoms with Gasteiger partial charge in [-0.25, -0.2) is 0 Å². The maximum atomic E-state index is 12.3. The van der Waals surface area contributed by atoms with E-state index in [1.54, 1.807) is 18.2 Å². The number of rotatable bonds is 3. The quantitative estimate of drug-likeness (QED) is 0.761. The van der Waals surface area contributed by atoms with E-state index in [1.165, 1.54) is 6.07 Å². The lowest BCUT2D eigenvalue weighted by molar-refractivity contribution is 0.0908. The van der Waals surface area contributed by atoms with Gasteiger partial charge in [0.15, 0.2) is 0 Å². The molecule has 1 saturated carbocycles. The summed E-state index contributed by atoms with van der Waals surface area (Å²) in [5.74, 6) is -0.311. The highest BCUT2D eigenvalue weighted by atomic mass is 16.3. The van der Waals surface area contributed by atoms with Gasteiger partial charge in [-0.15, -0.1) is 0 Å². The molecule has 98 valence electrons. The summed E-state index contributed by atoms with van der Waals surface area (Å²) in [7, 11) is 0. The van der Waals surface area contributed by atoms with Crippen LogP contribution in [0.3, 0.4) is 0 Å². The molecule has 1 aliphatic rings. The number of benzene rings is 1. The second kappa shape index (κ2) is 4.20. The van der Waals surface area contributed by atoms with Crippen LogP contribution in [0.1, 0.15) is 23.2 Å². The number of hydrogen-bond acceptors (Lipinski definition) is 3. The third-order valence-corrected chi connectivity index (χ3v) is 3.53. The molecule has 1 aromatic carbocycles. The van der Waals surface area contributed by atoms with E-state index in [1.807, 2.05) is 6.07 Å². The molecule has 0 unspecified atom stereocenters. The van der Waals surface area contributed by atoms with Crippen LogP contribution in [0.25, 0.3) is 10.9 Å². The van der Waals surface area contributed by atoms with E-state index in [0.29, 0.717) is 16.5 Å². The normalized spacial score (nSPS) is 16.3. The first kappa shape index (κ1) is 11.9. The van der Waals surface area contributed by atoms with Crippen LogP contribution >= 0.6 is 0 Å². The van der Waals surface area contributed by atoms with Crippen LogP contribution in [0.4, 0.5) is 0 Å². The Labute approximate surface area is 109 Å². The molecule has 1 aliphatic carbocycles. The lowest BCUT2D eigenvalue weighted by Gasteiger charge is -2.15. The van der Waals surface area contributed by atoms with Crippen molar-refractivity contribution < 1.29 is 9.90 Å². The lowest BCUT2D eigenvalue weighted by atomic mass is 10.1. The summed E-state index contributed by atoms with van der Waals surface area (Å²) in [6.07, 6.45) is 1.55. The summed E-state index contributed by atoms with van der Waals surface area (Å²) in [6, 6.07) is 8.46. The molecule has 1 amide bonds. The van der Waals surface area contributed by atoms with Gasteiger partial charge in [0, 0.05) is 17.0 Å². The number of para-hydroxylation sites is 1. The average molecular weight is 258 g/mol. The zero-order chi connectivity index (χ0) is 13.5. The number of fused-ring (bicyclic) bond motifs is 1. The Morgan fingerprint density at radius 1 is 1.37 bits per heavy atom. The topological polar surface area (TPSA) is 82.2 Å². The number of pyridine rings is 1. The van der Waals surface area contributed by atoms with E-state index in [-0.39, 0.29) is 18.1 Å². The molecule has 0 atom stereocenters. The zero-order valence-corrected chi connectivity index (χ0v) is 10.3. The Kier molecular flexibility index (Phi) is 2.64. The fraction of sp³-hybridized carbons (Fsp3) is 0.286. The fourth-order valence-corrected chi connectivity index (χ4v) is 2.17. The highest BCUT2D eigenvalue weighted by Gasteiger charge is 2.43. The molecule has 1 aromatic heterocycles. The Balaban J connectivity index is 2.04. The predicted octanol–water partition coefficient (Wildman–Crippen LogP) is 0.783. The number of aliphatic hydroxyl groups excluding tert-OH is 1. The van der Waals surface area contributed by atoms with Gasteiger partial charge < -0.3 is 15.4 Å². The van der Waals surface area contributed by atoms with Crippen LogP contribution in [0.15, 0.2) is 35.1 Å². The van der Waals surface area contributed by atoms with Gasteiger partial charge in [-0.2, -0.15) is 0 Å². The highest BCUT2D eigenvalue weighted by Crippen LogP contribution is 2.35. The van der Waals surface area contributed by atoms with Crippen molar-refractivity contribution in [1.29, 1.82) is 0 Å². The second-order valence-corrected chi connectivity index (χ2v) is 4.99. The van der Waals surface area contributed by atoms with Crippen molar-refractivity contribution in [3.63, 3.8) is 0 Å². The first-order valence-electron chi connectivity index (χ1n) is 6.19. The number of aliphatic hydroxyl groups is 1. The Hall–Kier alpha value is -2.14. The second-order valence-electron chi connectivity index (χ2n) is 4.99. The van der Waals surface area contributed by atoms with E-state index >= 15 is 0 Å². The van der Waals surface area contributed by atoms with Crippen LogP contribution in [0.5, 0.6) is 0 Å². The van der Waals surface area contributed by atoms with Gasteiger partial charge in [0.1, 0.15) is 0 Å². The zero-order valence-electron chi connectivity index (χ0n) is 10.3. The first-order chi connectivity index (χ1) is 9.13. The third-order valence-electron chi connectivity index (χ3n) is 3.53. The van der Waals surface area contributed by atoms with Crippen molar-refractivity contribution >= 4 is 16.8 Å². The number of aromatic amines is 1. The van der Waals surface area contributed by atoms with Crippen molar-refractivity contribution in [3.8, 4) is 0 Å². The van der Waals surface area contributed by atoms with Gasteiger partial charge in [0.2, 0.25) is 5.56 Å². The SMILES string of the molecule is O=C(NC1(CO)CC1)c1cc(=O)[nH]c2ccccc12. The van der Waals surface area contributed by atoms with E-state index in [0.717, 1.165) is 12.8 Å². The fourth-order valence-electron chi connectivity index (χ4n) is 2.17. The van der Waals surface area contributed by atoms with Gasteiger partial charge >= 0.3 is 0 Å². The van der Waals surface area contributed by atoms with Crippen LogP contribution in [0.2, 0.25) is 0 Å². The Morgan fingerprint density at radius 2 is 2.11 bits per heavy atom. The van der Waals surface area contributed by atoms with E-state index in [9.17, 15) is 14.7 Å². The number of hydrogen-bond donors (Lipinski definition) is 3. The van der Waals surface area contributed by atoms with Crippen molar-refractivity contribution in [2.24, 2.45) is 0 Å². The first-order valence-corrected chi connectivity index (χ1v) is 6.19. The molecule has 0 aliphatic heterocycles. The lowest BCUT2D eigenvalue weighted by Crippen LogP contribution is -2.40. The molecule has 0 saturated heterocycles. The van der Waals surface area contributed by atoms with E-state index < -0.39 is 5.54 Å². The number of carbonyl (C=O) groups excluding carboxylic acids is 1. The smallest absolute Gasteiger partial charge is 0.252 e. The van der Waals surface area contributed by atoms with Crippen molar-refractivity contribution in [2.75, 3.05) is 6.61 Å². The van der Waals surface area contributed by atoms with Crippen molar-refractivity contribution in [3.05, 3.63) is 46.2 Å². The summed E-state index contributed by atoms with van der Waals surface area (Å²) in [5, 5.41) is 12.8. The average Bonchev–Trinajstić information content (AvgIpc) is 3.18. The van der Waals surface area contributed by atoms with Gasteiger partial charge in [0.05, 0.1) is 17.7 Å². The molecule has 2 aromatic rings. The molecule has 0 spiro atoms. The van der Waals surface area contributed by atoms with Crippen LogP contribution in [0, 0.1) is 0 Å². The van der Waals surface area contributed by atoms with Crippen LogP contribution < -0.4 is 10.9 Å². The molecule has 5 heteroatoms. The molecule has 3 N–H and O–H groups in total. The molecule has 3 rings (SSSR count). The van der Waals surface area contributed by atoms with E-state index in [4.69, 9.17) is 0 Å². The minimum Gasteiger partial charge on any atom is -0.394 e. The van der Waals surface area contributed by atoms with Gasteiger partial charge in [-0.1, -0.05) is 18.2 Å². The molecule has 19 heavy (non-hydrogen) atoms. The summed E-state index contributed by atoms with van der Waals surface area (Å²) in [5.41, 5.74) is 0.187. The maximum Gasteiger partial charge on any atom is 0.252 e. The Bertz CT molecular complexity index is 701. The summed E-state index contributed by atoms with van der Waals surface area (Å²) < 4.78 is 0. The largest absolute Gasteiger partial charge is 0.394 e. The van der Waals surface area contributed by atoms with Gasteiger partial charge in [-0.3, -0.25) is 9.59 Å². The van der Waals surface area contributed by atoms with E-state index in [2.05, 4.69) is 10.3 Å². The Morgan fingerprint density at radius 3 is 2.79 bits per heavy atom. The summed E-state index contributed by atoms with van der Waals surface area (Å²) in [6.45, 7) is -0.0696. The standard InChI is InChI=1S/C14H14N2O3/c17-8-14(5-6-14)16-13(19)10-7-12(18)15-11-4-2-1-3-9(10)11/h1-4,7,17H,5-6,8H2,(H,15,18)(H,16,19). The number of aromatic nitrogens is 1. The minimum atomic E-state index is -0.485. The predicted molar refractivity (Wildman–Crippen MR) is 71.1 cm³/mol. The van der Waals surface area contributed by atoms with Crippen LogP contribution in [-0.4, -0.2) is 28.1 Å². The molecule has 0 radical (unpaired) electrons. The highest BCUT2D eigenvalue weighted by molar-refractivity contribution is 6.06. The molecule has 1 heterocycles. The molecule has 0 bridgehead atoms. The molecule has 5 nitrogen and oxygen atoms in total. The maximum absolute atomic E-state index is 12.3. The monoisotopic (exact) mass is 258 g/mol. The van der Waals surface area contributed by atoms with Crippen LogP contribution in [-0.2, 0) is 0 Å². The summed E-state index contributed by atoms with van der Waals surface area (Å²) >= 11 is 0. The molecule has 1 fully saturated rings. The number of nitrogens with one attached hydrogen (secondary N) is 2. The van der Waals surface area contributed by atoms with Gasteiger partial charge in [-0.05, 0) is 18.9 Å². The number of H-pyrrole nitrogens is 1. The van der Waals surface area contributed by atoms with Crippen molar-refractivity contribution in [2.45, 2.75) is 18.4 Å². The number of carbonyl (C=O) groups is 1. The minimum absolute atomic E-state index is 0.0696. The molecular formula is C14H14N2O3. The van der Waals surface area contributed by atoms with Crippen molar-refractivity contribution in [1.82, 2.24) is 10.3 Å². The molecular weight excluding hydrogens is 244 g/mol. The van der Waals surface area contributed by atoms with Gasteiger partial charge in [0.25, 0.3) is 5.91 Å². The summed E-state index contributed by atoms with van der Waals surface area (Å²) in [4.78, 5) is 26.5. The third kappa shape index (κ3) is 2.13.